The average Bonchev–Trinajstić information content (AvgIpc) is 2.83. The van der Waals surface area contributed by atoms with E-state index in [9.17, 15) is 0 Å². The Hall–Kier alpha value is -1.03. The molecule has 1 N–H and O–H groups in total. The molecule has 96 valence electrons. The van der Waals surface area contributed by atoms with E-state index in [0.29, 0.717) is 10.0 Å². The van der Waals surface area contributed by atoms with Crippen LogP contribution in [0, 0.1) is 0 Å². The minimum atomic E-state index is -0.0638. The summed E-state index contributed by atoms with van der Waals surface area (Å²) in [6.07, 6.45) is 3.75. The summed E-state index contributed by atoms with van der Waals surface area (Å²) < 4.78 is 2.08. The predicted octanol–water partition coefficient (Wildman–Crippen LogP) is 3.52. The van der Waals surface area contributed by atoms with E-state index in [0.717, 1.165) is 17.9 Å². The van der Waals surface area contributed by atoms with Crippen molar-refractivity contribution in [3.8, 4) is 0 Å². The normalized spacial score (nSPS) is 12.7. The van der Waals surface area contributed by atoms with Crippen molar-refractivity contribution in [2.45, 2.75) is 19.5 Å². The van der Waals surface area contributed by atoms with Crippen LogP contribution in [0.5, 0.6) is 0 Å². The first-order valence-corrected chi connectivity index (χ1v) is 6.56. The van der Waals surface area contributed by atoms with E-state index in [1.165, 1.54) is 0 Å². The number of aromatic nitrogens is 2. The third kappa shape index (κ3) is 2.39. The zero-order valence-electron chi connectivity index (χ0n) is 10.3. The molecule has 0 amide bonds. The number of nitrogens with zero attached hydrogens (tertiary/aromatic N) is 2. The molecule has 3 nitrogen and oxygen atoms in total. The molecular formula is C13H15Cl2N3. The van der Waals surface area contributed by atoms with Crippen LogP contribution in [-0.4, -0.2) is 16.6 Å². The van der Waals surface area contributed by atoms with Crippen molar-refractivity contribution in [1.29, 1.82) is 0 Å². The quantitative estimate of drug-likeness (QED) is 0.931. The minimum absolute atomic E-state index is 0.0638. The molecule has 1 unspecified atom stereocenters. The number of aryl methyl sites for hydroxylation is 1. The topological polar surface area (TPSA) is 29.9 Å². The van der Waals surface area contributed by atoms with E-state index in [1.54, 1.807) is 12.3 Å². The Morgan fingerprint density at radius 3 is 2.83 bits per heavy atom. The molecular weight excluding hydrogens is 269 g/mol. The Morgan fingerprint density at radius 2 is 2.17 bits per heavy atom. The SMILES string of the molecule is CCn1ccnc1C(NC)c1cccc(Cl)c1Cl. The number of halogens is 2. The molecule has 0 spiro atoms. The Bertz CT molecular complexity index is 537. The number of benzene rings is 1. The van der Waals surface area contributed by atoms with E-state index >= 15 is 0 Å². The number of imidazole rings is 1. The fourth-order valence-corrected chi connectivity index (χ4v) is 2.43. The summed E-state index contributed by atoms with van der Waals surface area (Å²) in [5.41, 5.74) is 0.938. The van der Waals surface area contributed by atoms with Crippen molar-refractivity contribution in [2.24, 2.45) is 0 Å². The zero-order chi connectivity index (χ0) is 13.1. The third-order valence-corrected chi connectivity index (χ3v) is 3.76. The smallest absolute Gasteiger partial charge is 0.130 e. The molecule has 2 aromatic rings. The molecule has 0 fully saturated rings. The molecule has 18 heavy (non-hydrogen) atoms. The summed E-state index contributed by atoms with van der Waals surface area (Å²) in [6, 6.07) is 5.58. The number of hydrogen-bond acceptors (Lipinski definition) is 2. The first-order valence-electron chi connectivity index (χ1n) is 5.81. The molecule has 0 aliphatic heterocycles. The Kier molecular flexibility index (Phi) is 4.27. The molecule has 0 saturated heterocycles. The second kappa shape index (κ2) is 5.74. The van der Waals surface area contributed by atoms with Crippen LogP contribution < -0.4 is 5.32 Å². The molecule has 0 radical (unpaired) electrons. The monoisotopic (exact) mass is 283 g/mol. The average molecular weight is 284 g/mol. The van der Waals surface area contributed by atoms with Crippen molar-refractivity contribution in [3.05, 3.63) is 52.0 Å². The fraction of sp³-hybridized carbons (Fsp3) is 0.308. The van der Waals surface area contributed by atoms with Crippen LogP contribution in [0.15, 0.2) is 30.6 Å². The summed E-state index contributed by atoms with van der Waals surface area (Å²) in [5, 5.41) is 4.37. The minimum Gasteiger partial charge on any atom is -0.334 e. The van der Waals surface area contributed by atoms with Gasteiger partial charge < -0.3 is 9.88 Å². The maximum atomic E-state index is 6.27. The van der Waals surface area contributed by atoms with E-state index in [4.69, 9.17) is 23.2 Å². The van der Waals surface area contributed by atoms with Gasteiger partial charge in [0.1, 0.15) is 5.82 Å². The van der Waals surface area contributed by atoms with E-state index in [2.05, 4.69) is 21.8 Å². The van der Waals surface area contributed by atoms with Crippen LogP contribution in [0.3, 0.4) is 0 Å². The van der Waals surface area contributed by atoms with Gasteiger partial charge in [-0.2, -0.15) is 0 Å². The van der Waals surface area contributed by atoms with Crippen LogP contribution in [-0.2, 0) is 6.54 Å². The van der Waals surface area contributed by atoms with Gasteiger partial charge in [0.25, 0.3) is 0 Å². The molecule has 1 aromatic heterocycles. The fourth-order valence-electron chi connectivity index (χ4n) is 2.02. The van der Waals surface area contributed by atoms with Crippen LogP contribution in [0.2, 0.25) is 10.0 Å². The lowest BCUT2D eigenvalue weighted by Crippen LogP contribution is -2.22. The van der Waals surface area contributed by atoms with Gasteiger partial charge in [0.05, 0.1) is 16.1 Å². The predicted molar refractivity (Wildman–Crippen MR) is 75.3 cm³/mol. The van der Waals surface area contributed by atoms with Crippen molar-refractivity contribution in [1.82, 2.24) is 14.9 Å². The lowest BCUT2D eigenvalue weighted by Gasteiger charge is -2.19. The lowest BCUT2D eigenvalue weighted by molar-refractivity contribution is 0.590. The highest BCUT2D eigenvalue weighted by Gasteiger charge is 2.20. The standard InChI is InChI=1S/C13H15Cl2N3/c1-3-18-8-7-17-13(18)12(16-2)9-5-4-6-10(14)11(9)15/h4-8,12,16H,3H2,1-2H3. The maximum Gasteiger partial charge on any atom is 0.130 e. The number of rotatable bonds is 4. The molecule has 1 aromatic carbocycles. The Morgan fingerprint density at radius 1 is 1.39 bits per heavy atom. The largest absolute Gasteiger partial charge is 0.334 e. The Labute approximate surface area is 117 Å². The molecule has 1 atom stereocenters. The van der Waals surface area contributed by atoms with Crippen LogP contribution >= 0.6 is 23.2 Å². The van der Waals surface area contributed by atoms with Gasteiger partial charge in [0.2, 0.25) is 0 Å². The molecule has 5 heteroatoms. The first-order chi connectivity index (χ1) is 8.69. The van der Waals surface area contributed by atoms with E-state index < -0.39 is 0 Å². The molecule has 0 aliphatic carbocycles. The van der Waals surface area contributed by atoms with E-state index in [1.807, 2.05) is 25.4 Å². The van der Waals surface area contributed by atoms with Crippen molar-refractivity contribution >= 4 is 23.2 Å². The van der Waals surface area contributed by atoms with Crippen LogP contribution in [0.1, 0.15) is 24.4 Å². The number of hydrogen-bond donors (Lipinski definition) is 1. The summed E-state index contributed by atoms with van der Waals surface area (Å²) in [5.74, 6) is 0.934. The second-order valence-corrected chi connectivity index (χ2v) is 4.72. The highest BCUT2D eigenvalue weighted by atomic mass is 35.5. The van der Waals surface area contributed by atoms with Gasteiger partial charge >= 0.3 is 0 Å². The van der Waals surface area contributed by atoms with Gasteiger partial charge in [-0.25, -0.2) is 4.98 Å². The maximum absolute atomic E-state index is 6.27. The molecule has 0 saturated carbocycles. The van der Waals surface area contributed by atoms with Gasteiger partial charge in [-0.05, 0) is 25.6 Å². The Balaban J connectivity index is 2.49. The van der Waals surface area contributed by atoms with Crippen LogP contribution in [0.4, 0.5) is 0 Å². The molecule has 2 rings (SSSR count). The summed E-state index contributed by atoms with van der Waals surface area (Å²) in [6.45, 7) is 2.95. The third-order valence-electron chi connectivity index (χ3n) is 2.93. The van der Waals surface area contributed by atoms with Gasteiger partial charge in [-0.15, -0.1) is 0 Å². The summed E-state index contributed by atoms with van der Waals surface area (Å²) in [4.78, 5) is 4.40. The first kappa shape index (κ1) is 13.4. The number of nitrogens with one attached hydrogen (secondary N) is 1. The van der Waals surface area contributed by atoms with Crippen LogP contribution in [0.25, 0.3) is 0 Å². The van der Waals surface area contributed by atoms with Gasteiger partial charge in [-0.3, -0.25) is 0 Å². The van der Waals surface area contributed by atoms with Gasteiger partial charge in [0, 0.05) is 18.9 Å². The van der Waals surface area contributed by atoms with Gasteiger partial charge in [0.15, 0.2) is 0 Å². The van der Waals surface area contributed by atoms with Gasteiger partial charge in [-0.1, -0.05) is 35.3 Å². The summed E-state index contributed by atoms with van der Waals surface area (Å²) in [7, 11) is 1.89. The zero-order valence-corrected chi connectivity index (χ0v) is 11.8. The van der Waals surface area contributed by atoms with Crippen molar-refractivity contribution < 1.29 is 0 Å². The molecule has 0 aliphatic rings. The highest BCUT2D eigenvalue weighted by molar-refractivity contribution is 6.42. The summed E-state index contributed by atoms with van der Waals surface area (Å²) >= 11 is 12.3. The second-order valence-electron chi connectivity index (χ2n) is 3.94. The molecule has 0 bridgehead atoms. The lowest BCUT2D eigenvalue weighted by atomic mass is 10.1. The van der Waals surface area contributed by atoms with Crippen molar-refractivity contribution in [3.63, 3.8) is 0 Å². The molecule has 1 heterocycles. The van der Waals surface area contributed by atoms with E-state index in [-0.39, 0.29) is 6.04 Å². The van der Waals surface area contributed by atoms with Crippen molar-refractivity contribution in [2.75, 3.05) is 7.05 Å². The highest BCUT2D eigenvalue weighted by Crippen LogP contribution is 2.32.